The van der Waals surface area contributed by atoms with Gasteiger partial charge in [-0.2, -0.15) is 0 Å². The van der Waals surface area contributed by atoms with Crippen LogP contribution in [0, 0.1) is 0 Å². The van der Waals surface area contributed by atoms with E-state index in [1.54, 1.807) is 6.07 Å². The van der Waals surface area contributed by atoms with Gasteiger partial charge in [0, 0.05) is 17.8 Å². The van der Waals surface area contributed by atoms with Crippen LogP contribution >= 0.6 is 0 Å². The lowest BCUT2D eigenvalue weighted by Gasteiger charge is -2.06. The van der Waals surface area contributed by atoms with Crippen LogP contribution in [0.2, 0.25) is 0 Å². The Bertz CT molecular complexity index is 501. The number of fused-ring (bicyclic) bond motifs is 1. The van der Waals surface area contributed by atoms with E-state index in [9.17, 15) is 5.11 Å². The summed E-state index contributed by atoms with van der Waals surface area (Å²) in [5.74, 6) is 0.163. The molecule has 0 radical (unpaired) electrons. The summed E-state index contributed by atoms with van der Waals surface area (Å²) in [6, 6.07) is 5.87. The molecule has 1 fully saturated rings. The van der Waals surface area contributed by atoms with Gasteiger partial charge in [-0.1, -0.05) is 11.2 Å². The van der Waals surface area contributed by atoms with E-state index >= 15 is 0 Å². The molecule has 2 aromatic rings. The van der Waals surface area contributed by atoms with Gasteiger partial charge < -0.3 is 14.9 Å². The Kier molecular flexibility index (Phi) is 2.29. The van der Waals surface area contributed by atoms with Gasteiger partial charge in [0.1, 0.15) is 0 Å². The van der Waals surface area contributed by atoms with Crippen LogP contribution in [-0.4, -0.2) is 22.8 Å². The van der Waals surface area contributed by atoms with Crippen molar-refractivity contribution < 1.29 is 9.63 Å². The molecule has 1 atom stereocenters. The van der Waals surface area contributed by atoms with E-state index in [0.717, 1.165) is 24.0 Å². The fraction of sp³-hybridized carbons (Fsp3) is 0.417. The topological polar surface area (TPSA) is 58.3 Å². The zero-order chi connectivity index (χ0) is 11.0. The summed E-state index contributed by atoms with van der Waals surface area (Å²) >= 11 is 0. The zero-order valence-electron chi connectivity index (χ0n) is 8.94. The molecular formula is C12H14N2O2. The minimum absolute atomic E-state index is 0.163. The Morgan fingerprint density at radius 2 is 2.44 bits per heavy atom. The predicted octanol–water partition coefficient (Wildman–Crippen LogP) is 1.83. The van der Waals surface area contributed by atoms with E-state index in [-0.39, 0.29) is 5.75 Å². The number of nitrogens with zero attached hydrogens (tertiary/aromatic N) is 1. The molecule has 0 amide bonds. The molecule has 1 unspecified atom stereocenters. The number of hydrogen-bond donors (Lipinski definition) is 2. The van der Waals surface area contributed by atoms with Crippen LogP contribution in [0.5, 0.6) is 5.75 Å². The van der Waals surface area contributed by atoms with E-state index in [1.165, 1.54) is 12.8 Å². The summed E-state index contributed by atoms with van der Waals surface area (Å²) in [5.41, 5.74) is 1.43. The Morgan fingerprint density at radius 1 is 1.50 bits per heavy atom. The number of aromatic hydroxyl groups is 1. The van der Waals surface area contributed by atoms with Gasteiger partial charge in [-0.25, -0.2) is 0 Å². The largest absolute Gasteiger partial charge is 0.504 e. The maximum Gasteiger partial charge on any atom is 0.208 e. The first-order valence-corrected chi connectivity index (χ1v) is 5.64. The Hall–Kier alpha value is -1.55. The van der Waals surface area contributed by atoms with Crippen molar-refractivity contribution in [2.75, 3.05) is 6.54 Å². The number of nitrogens with one attached hydrogen (secondary N) is 1. The number of phenols is 1. The summed E-state index contributed by atoms with van der Waals surface area (Å²) in [6.45, 7) is 1.09. The smallest absolute Gasteiger partial charge is 0.208 e. The van der Waals surface area contributed by atoms with E-state index in [2.05, 4.69) is 10.5 Å². The van der Waals surface area contributed by atoms with Gasteiger partial charge in [0.05, 0.1) is 5.69 Å². The standard InChI is InChI=1S/C12H14N2O2/c15-11-5-1-4-9-10(14-16-12(9)11)7-8-3-2-6-13-8/h1,4-5,8,13,15H,2-3,6-7H2. The molecule has 0 bridgehead atoms. The number of benzene rings is 1. The normalized spacial score (nSPS) is 20.6. The lowest BCUT2D eigenvalue weighted by Crippen LogP contribution is -2.23. The first kappa shape index (κ1) is 9.66. The van der Waals surface area contributed by atoms with E-state index in [1.807, 2.05) is 12.1 Å². The molecule has 16 heavy (non-hydrogen) atoms. The second-order valence-corrected chi connectivity index (χ2v) is 4.28. The van der Waals surface area contributed by atoms with Crippen LogP contribution in [-0.2, 0) is 6.42 Å². The predicted molar refractivity (Wildman–Crippen MR) is 60.4 cm³/mol. The van der Waals surface area contributed by atoms with Gasteiger partial charge in [0.2, 0.25) is 5.58 Å². The molecule has 0 saturated carbocycles. The van der Waals surface area contributed by atoms with Crippen LogP contribution < -0.4 is 5.32 Å². The highest BCUT2D eigenvalue weighted by atomic mass is 16.5. The summed E-state index contributed by atoms with van der Waals surface area (Å²) in [4.78, 5) is 0. The van der Waals surface area contributed by atoms with Crippen molar-refractivity contribution in [3.8, 4) is 5.75 Å². The fourth-order valence-electron chi connectivity index (χ4n) is 2.31. The summed E-state index contributed by atoms with van der Waals surface area (Å²) < 4.78 is 5.16. The van der Waals surface area contributed by atoms with Crippen molar-refractivity contribution in [2.24, 2.45) is 0 Å². The summed E-state index contributed by atoms with van der Waals surface area (Å²) in [7, 11) is 0. The van der Waals surface area contributed by atoms with Crippen molar-refractivity contribution in [1.29, 1.82) is 0 Å². The number of aromatic nitrogens is 1. The number of rotatable bonds is 2. The molecule has 4 nitrogen and oxygen atoms in total. The van der Waals surface area contributed by atoms with Crippen molar-refractivity contribution in [2.45, 2.75) is 25.3 Å². The minimum atomic E-state index is 0.163. The third-order valence-corrected chi connectivity index (χ3v) is 3.15. The third kappa shape index (κ3) is 1.55. The second-order valence-electron chi connectivity index (χ2n) is 4.28. The van der Waals surface area contributed by atoms with Crippen LogP contribution in [0.4, 0.5) is 0 Å². The molecule has 0 aliphatic carbocycles. The molecule has 1 aliphatic rings. The first-order chi connectivity index (χ1) is 7.84. The van der Waals surface area contributed by atoms with Crippen molar-refractivity contribution in [1.82, 2.24) is 10.5 Å². The van der Waals surface area contributed by atoms with Crippen molar-refractivity contribution in [3.05, 3.63) is 23.9 Å². The first-order valence-electron chi connectivity index (χ1n) is 5.64. The molecule has 0 spiro atoms. The molecule has 4 heteroatoms. The lowest BCUT2D eigenvalue weighted by atomic mass is 10.1. The second kappa shape index (κ2) is 3.79. The zero-order valence-corrected chi connectivity index (χ0v) is 8.94. The average Bonchev–Trinajstić information content (AvgIpc) is 2.90. The van der Waals surface area contributed by atoms with Gasteiger partial charge in [0.25, 0.3) is 0 Å². The molecule has 3 rings (SSSR count). The molecule has 1 aliphatic heterocycles. The maximum absolute atomic E-state index is 9.60. The quantitative estimate of drug-likeness (QED) is 0.807. The highest BCUT2D eigenvalue weighted by Crippen LogP contribution is 2.27. The Balaban J connectivity index is 1.94. The van der Waals surface area contributed by atoms with Gasteiger partial charge in [-0.15, -0.1) is 0 Å². The molecule has 2 heterocycles. The molecule has 84 valence electrons. The van der Waals surface area contributed by atoms with E-state index in [4.69, 9.17) is 4.52 Å². The van der Waals surface area contributed by atoms with Gasteiger partial charge in [0.15, 0.2) is 5.75 Å². The summed E-state index contributed by atoms with van der Waals surface area (Å²) in [5, 5.41) is 18.0. The van der Waals surface area contributed by atoms with Gasteiger partial charge >= 0.3 is 0 Å². The number of phenolic OH excluding ortho intramolecular Hbond substituents is 1. The van der Waals surface area contributed by atoms with Crippen molar-refractivity contribution >= 4 is 11.0 Å². The Morgan fingerprint density at radius 3 is 3.25 bits per heavy atom. The maximum atomic E-state index is 9.60. The van der Waals surface area contributed by atoms with Gasteiger partial charge in [-0.3, -0.25) is 0 Å². The minimum Gasteiger partial charge on any atom is -0.504 e. The highest BCUT2D eigenvalue weighted by Gasteiger charge is 2.19. The van der Waals surface area contributed by atoms with Crippen LogP contribution in [0.25, 0.3) is 11.0 Å². The number of para-hydroxylation sites is 1. The average molecular weight is 218 g/mol. The number of hydrogen-bond acceptors (Lipinski definition) is 4. The molecule has 1 saturated heterocycles. The molecule has 1 aromatic carbocycles. The van der Waals surface area contributed by atoms with Gasteiger partial charge in [-0.05, 0) is 31.5 Å². The fourth-order valence-corrected chi connectivity index (χ4v) is 2.31. The third-order valence-electron chi connectivity index (χ3n) is 3.15. The Labute approximate surface area is 93.2 Å². The van der Waals surface area contributed by atoms with Crippen LogP contribution in [0.3, 0.4) is 0 Å². The monoisotopic (exact) mass is 218 g/mol. The molecular weight excluding hydrogens is 204 g/mol. The highest BCUT2D eigenvalue weighted by molar-refractivity contribution is 5.84. The summed E-state index contributed by atoms with van der Waals surface area (Å²) in [6.07, 6.45) is 3.29. The van der Waals surface area contributed by atoms with E-state index in [0.29, 0.717) is 11.6 Å². The lowest BCUT2D eigenvalue weighted by molar-refractivity contribution is 0.413. The van der Waals surface area contributed by atoms with Crippen LogP contribution in [0.1, 0.15) is 18.5 Å². The van der Waals surface area contributed by atoms with Crippen molar-refractivity contribution in [3.63, 3.8) is 0 Å². The molecule has 1 aromatic heterocycles. The van der Waals surface area contributed by atoms with Crippen LogP contribution in [0.15, 0.2) is 22.7 Å². The molecule has 2 N–H and O–H groups in total. The SMILES string of the molecule is Oc1cccc2c(CC3CCCN3)noc12. The van der Waals surface area contributed by atoms with E-state index < -0.39 is 0 Å².